The summed E-state index contributed by atoms with van der Waals surface area (Å²) in [5, 5.41) is 13.0. The highest BCUT2D eigenvalue weighted by Gasteiger charge is 2.31. The number of hydrogen-bond donors (Lipinski definition) is 2. The molecule has 0 radical (unpaired) electrons. The number of carbonyl (C=O) groups excluding carboxylic acids is 1. The SMILES string of the molecule is CCN1CCC(CNCC(C)(O)C(=O)OC)C1. The number of hydrogen-bond acceptors (Lipinski definition) is 5. The van der Waals surface area contributed by atoms with E-state index in [-0.39, 0.29) is 6.54 Å². The smallest absolute Gasteiger partial charge is 0.338 e. The van der Waals surface area contributed by atoms with Crippen LogP contribution in [0.5, 0.6) is 0 Å². The number of esters is 1. The van der Waals surface area contributed by atoms with Gasteiger partial charge in [0.15, 0.2) is 5.60 Å². The van der Waals surface area contributed by atoms with Gasteiger partial charge >= 0.3 is 5.97 Å². The van der Waals surface area contributed by atoms with Crippen LogP contribution in [0.2, 0.25) is 0 Å². The molecule has 0 saturated carbocycles. The summed E-state index contributed by atoms with van der Waals surface area (Å²) < 4.78 is 4.53. The van der Waals surface area contributed by atoms with Gasteiger partial charge in [0, 0.05) is 13.1 Å². The molecule has 0 aromatic heterocycles. The maximum atomic E-state index is 11.2. The highest BCUT2D eigenvalue weighted by atomic mass is 16.5. The zero-order valence-corrected chi connectivity index (χ0v) is 11.0. The first-order valence-corrected chi connectivity index (χ1v) is 6.23. The summed E-state index contributed by atoms with van der Waals surface area (Å²) in [6.45, 7) is 8.05. The highest BCUT2D eigenvalue weighted by Crippen LogP contribution is 2.14. The molecule has 0 spiro atoms. The lowest BCUT2D eigenvalue weighted by atomic mass is 10.1. The molecule has 17 heavy (non-hydrogen) atoms. The predicted molar refractivity (Wildman–Crippen MR) is 65.7 cm³/mol. The number of ether oxygens (including phenoxy) is 1. The van der Waals surface area contributed by atoms with Gasteiger partial charge < -0.3 is 20.1 Å². The Morgan fingerprint density at radius 2 is 2.35 bits per heavy atom. The van der Waals surface area contributed by atoms with Crippen LogP contribution in [0.15, 0.2) is 0 Å². The van der Waals surface area contributed by atoms with E-state index in [9.17, 15) is 9.90 Å². The molecule has 1 aliphatic rings. The van der Waals surface area contributed by atoms with Gasteiger partial charge in [0.2, 0.25) is 0 Å². The predicted octanol–water partition coefficient (Wildman–Crippen LogP) is -0.158. The van der Waals surface area contributed by atoms with Crippen molar-refractivity contribution in [2.75, 3.05) is 39.8 Å². The second kappa shape index (κ2) is 6.33. The lowest BCUT2D eigenvalue weighted by Crippen LogP contribution is -2.46. The number of likely N-dealkylation sites (tertiary alicyclic amines) is 1. The van der Waals surface area contributed by atoms with Gasteiger partial charge in [-0.1, -0.05) is 6.92 Å². The molecule has 5 nitrogen and oxygen atoms in total. The maximum absolute atomic E-state index is 11.2. The Balaban J connectivity index is 2.22. The Hall–Kier alpha value is -0.650. The lowest BCUT2D eigenvalue weighted by molar-refractivity contribution is -0.159. The molecule has 1 heterocycles. The molecular weight excluding hydrogens is 220 g/mol. The Labute approximate surface area is 103 Å². The average Bonchev–Trinajstić information content (AvgIpc) is 2.75. The number of rotatable bonds is 6. The Morgan fingerprint density at radius 1 is 1.65 bits per heavy atom. The fourth-order valence-corrected chi connectivity index (χ4v) is 2.18. The van der Waals surface area contributed by atoms with E-state index in [0.29, 0.717) is 5.92 Å². The third-order valence-electron chi connectivity index (χ3n) is 3.34. The van der Waals surface area contributed by atoms with Gasteiger partial charge in [0.05, 0.1) is 7.11 Å². The van der Waals surface area contributed by atoms with Gasteiger partial charge in [-0.2, -0.15) is 0 Å². The van der Waals surface area contributed by atoms with Gasteiger partial charge in [-0.25, -0.2) is 4.79 Å². The number of methoxy groups -OCH3 is 1. The first-order valence-electron chi connectivity index (χ1n) is 6.23. The fraction of sp³-hybridized carbons (Fsp3) is 0.917. The van der Waals surface area contributed by atoms with Crippen molar-refractivity contribution in [2.45, 2.75) is 25.9 Å². The van der Waals surface area contributed by atoms with Crippen molar-refractivity contribution in [3.63, 3.8) is 0 Å². The van der Waals surface area contributed by atoms with E-state index >= 15 is 0 Å². The zero-order valence-electron chi connectivity index (χ0n) is 11.0. The molecule has 0 aromatic rings. The number of aliphatic hydroxyl groups is 1. The van der Waals surface area contributed by atoms with Crippen LogP contribution < -0.4 is 5.32 Å². The van der Waals surface area contributed by atoms with Crippen LogP contribution in [0.25, 0.3) is 0 Å². The van der Waals surface area contributed by atoms with Crippen LogP contribution in [0.1, 0.15) is 20.3 Å². The fourth-order valence-electron chi connectivity index (χ4n) is 2.18. The maximum Gasteiger partial charge on any atom is 0.338 e. The van der Waals surface area contributed by atoms with Gasteiger partial charge in [0.1, 0.15) is 0 Å². The van der Waals surface area contributed by atoms with Crippen molar-refractivity contribution in [1.82, 2.24) is 10.2 Å². The summed E-state index contributed by atoms with van der Waals surface area (Å²) in [6.07, 6.45) is 1.18. The molecule has 0 aliphatic carbocycles. The summed E-state index contributed by atoms with van der Waals surface area (Å²) in [5.74, 6) is 0.0232. The Kier molecular flexibility index (Phi) is 5.36. The van der Waals surface area contributed by atoms with Crippen molar-refractivity contribution >= 4 is 5.97 Å². The molecule has 1 aliphatic heterocycles. The van der Waals surface area contributed by atoms with Crippen molar-refractivity contribution in [1.29, 1.82) is 0 Å². The van der Waals surface area contributed by atoms with E-state index in [4.69, 9.17) is 0 Å². The second-order valence-corrected chi connectivity index (χ2v) is 4.94. The third kappa shape index (κ3) is 4.26. The minimum atomic E-state index is -1.43. The van der Waals surface area contributed by atoms with Crippen molar-refractivity contribution in [2.24, 2.45) is 5.92 Å². The van der Waals surface area contributed by atoms with E-state index in [0.717, 1.165) is 26.2 Å². The molecule has 0 aromatic carbocycles. The standard InChI is InChI=1S/C12H24N2O3/c1-4-14-6-5-10(8-14)7-13-9-12(2,16)11(15)17-3/h10,13,16H,4-9H2,1-3H3. The van der Waals surface area contributed by atoms with E-state index < -0.39 is 11.6 Å². The van der Waals surface area contributed by atoms with Gasteiger partial charge in [-0.3, -0.25) is 0 Å². The molecule has 100 valence electrons. The molecule has 2 atom stereocenters. The van der Waals surface area contributed by atoms with Gasteiger partial charge in [0.25, 0.3) is 0 Å². The molecule has 0 bridgehead atoms. The zero-order chi connectivity index (χ0) is 12.9. The van der Waals surface area contributed by atoms with Crippen LogP contribution in [0, 0.1) is 5.92 Å². The van der Waals surface area contributed by atoms with E-state index in [2.05, 4.69) is 21.9 Å². The summed E-state index contributed by atoms with van der Waals surface area (Å²) in [4.78, 5) is 13.6. The molecule has 2 N–H and O–H groups in total. The second-order valence-electron chi connectivity index (χ2n) is 4.94. The van der Waals surface area contributed by atoms with Gasteiger partial charge in [-0.05, 0) is 38.9 Å². The molecule has 5 heteroatoms. The van der Waals surface area contributed by atoms with E-state index in [1.807, 2.05) is 0 Å². The van der Waals surface area contributed by atoms with E-state index in [1.54, 1.807) is 0 Å². The molecule has 0 amide bonds. The summed E-state index contributed by atoms with van der Waals surface area (Å²) in [7, 11) is 1.28. The minimum absolute atomic E-state index is 0.238. The first kappa shape index (κ1) is 14.4. The number of nitrogens with one attached hydrogen (secondary N) is 1. The summed E-state index contributed by atoms with van der Waals surface area (Å²) >= 11 is 0. The lowest BCUT2D eigenvalue weighted by Gasteiger charge is -2.21. The van der Waals surface area contributed by atoms with Crippen molar-refractivity contribution in [3.8, 4) is 0 Å². The average molecular weight is 244 g/mol. The van der Waals surface area contributed by atoms with Crippen molar-refractivity contribution < 1.29 is 14.6 Å². The quantitative estimate of drug-likeness (QED) is 0.636. The third-order valence-corrected chi connectivity index (χ3v) is 3.34. The number of nitrogens with zero attached hydrogens (tertiary/aromatic N) is 1. The van der Waals surface area contributed by atoms with Crippen LogP contribution in [0.4, 0.5) is 0 Å². The summed E-state index contributed by atoms with van der Waals surface area (Å²) in [5.41, 5.74) is -1.43. The highest BCUT2D eigenvalue weighted by molar-refractivity contribution is 5.78. The van der Waals surface area contributed by atoms with Crippen LogP contribution in [0.3, 0.4) is 0 Å². The molecule has 1 saturated heterocycles. The minimum Gasteiger partial charge on any atom is -0.467 e. The monoisotopic (exact) mass is 244 g/mol. The van der Waals surface area contributed by atoms with Crippen molar-refractivity contribution in [3.05, 3.63) is 0 Å². The Bertz CT molecular complexity index is 256. The molecule has 1 rings (SSSR count). The van der Waals surface area contributed by atoms with Crippen LogP contribution in [-0.4, -0.2) is 61.4 Å². The van der Waals surface area contributed by atoms with Crippen LogP contribution >= 0.6 is 0 Å². The normalized spacial score (nSPS) is 24.6. The summed E-state index contributed by atoms with van der Waals surface area (Å²) in [6, 6.07) is 0. The molecule has 2 unspecified atom stereocenters. The number of carbonyl (C=O) groups is 1. The molecule has 1 fully saturated rings. The Morgan fingerprint density at radius 3 is 2.88 bits per heavy atom. The van der Waals surface area contributed by atoms with Crippen LogP contribution in [-0.2, 0) is 9.53 Å². The first-order chi connectivity index (χ1) is 7.99. The largest absolute Gasteiger partial charge is 0.467 e. The van der Waals surface area contributed by atoms with E-state index in [1.165, 1.54) is 20.5 Å². The molecular formula is C12H24N2O3. The van der Waals surface area contributed by atoms with Gasteiger partial charge in [-0.15, -0.1) is 0 Å². The topological polar surface area (TPSA) is 61.8 Å².